The fourth-order valence-corrected chi connectivity index (χ4v) is 1.61. The molecule has 4 nitrogen and oxygen atoms in total. The monoisotopic (exact) mass is 267 g/mol. The average Bonchev–Trinajstić information content (AvgIpc) is 2.32. The predicted molar refractivity (Wildman–Crippen MR) is 76.8 cm³/mol. The molecule has 0 aromatic heterocycles. The predicted octanol–water partition coefficient (Wildman–Crippen LogP) is 2.14. The van der Waals surface area contributed by atoms with Crippen LogP contribution in [0.5, 0.6) is 11.5 Å². The first-order valence-corrected chi connectivity index (χ1v) is 6.56. The summed E-state index contributed by atoms with van der Waals surface area (Å²) in [4.78, 5) is 0. The number of hydrogen-bond acceptors (Lipinski definition) is 4. The van der Waals surface area contributed by atoms with Crippen molar-refractivity contribution < 1.29 is 14.9 Å². The molecule has 3 N–H and O–H groups in total. The largest absolute Gasteiger partial charge is 0.508 e. The second-order valence-corrected chi connectivity index (χ2v) is 5.93. The Morgan fingerprint density at radius 1 is 1.21 bits per heavy atom. The number of hydrogen-bond donors (Lipinski definition) is 3. The molecule has 1 rings (SSSR count). The summed E-state index contributed by atoms with van der Waals surface area (Å²) in [5.41, 5.74) is 1.68. The van der Waals surface area contributed by atoms with Gasteiger partial charge in [-0.05, 0) is 57.9 Å². The summed E-state index contributed by atoms with van der Waals surface area (Å²) in [7, 11) is 0. The zero-order chi connectivity index (χ0) is 14.6. The first-order chi connectivity index (χ1) is 8.70. The number of β-amino-alcohol motifs (C(OH)–C–C–N with tert-alkyl or cyclic N) is 1. The molecule has 0 aliphatic heterocycles. The molecule has 1 unspecified atom stereocenters. The molecule has 0 amide bonds. The van der Waals surface area contributed by atoms with E-state index in [1.54, 1.807) is 12.1 Å². The molecule has 0 spiro atoms. The van der Waals surface area contributed by atoms with Gasteiger partial charge >= 0.3 is 0 Å². The van der Waals surface area contributed by atoms with Gasteiger partial charge in [-0.1, -0.05) is 0 Å². The van der Waals surface area contributed by atoms with Gasteiger partial charge in [0.1, 0.15) is 24.2 Å². The molecular weight excluding hydrogens is 242 g/mol. The van der Waals surface area contributed by atoms with Crippen LogP contribution in [0.3, 0.4) is 0 Å². The highest BCUT2D eigenvalue weighted by Crippen LogP contribution is 2.28. The zero-order valence-corrected chi connectivity index (χ0v) is 12.4. The highest BCUT2D eigenvalue weighted by molar-refractivity contribution is 5.46. The number of aliphatic hydroxyl groups is 1. The Bertz CT molecular complexity index is 424. The Kier molecular flexibility index (Phi) is 5.20. The number of rotatable bonds is 5. The van der Waals surface area contributed by atoms with Crippen molar-refractivity contribution >= 4 is 0 Å². The summed E-state index contributed by atoms with van der Waals surface area (Å²) in [6.45, 7) is 10.6. The Balaban J connectivity index is 2.51. The molecule has 19 heavy (non-hydrogen) atoms. The van der Waals surface area contributed by atoms with Crippen molar-refractivity contribution in [1.29, 1.82) is 0 Å². The molecule has 1 aromatic carbocycles. The standard InChI is InChI=1S/C15H25NO3/c1-10-11(2)14(7-6-13(10)18)19-9-12(17)8-16-15(3,4)5/h6-7,12,16-18H,8-9H2,1-5H3. The molecule has 0 saturated carbocycles. The smallest absolute Gasteiger partial charge is 0.122 e. The van der Waals surface area contributed by atoms with Crippen LogP contribution in [-0.2, 0) is 0 Å². The second-order valence-electron chi connectivity index (χ2n) is 5.93. The minimum absolute atomic E-state index is 0.0218. The van der Waals surface area contributed by atoms with Crippen LogP contribution in [0.1, 0.15) is 31.9 Å². The van der Waals surface area contributed by atoms with Gasteiger partial charge in [-0.2, -0.15) is 0 Å². The van der Waals surface area contributed by atoms with Gasteiger partial charge in [0.25, 0.3) is 0 Å². The second kappa shape index (κ2) is 6.26. The number of nitrogens with one attached hydrogen (secondary N) is 1. The Morgan fingerprint density at radius 3 is 2.42 bits per heavy atom. The van der Waals surface area contributed by atoms with Crippen molar-refractivity contribution in [3.63, 3.8) is 0 Å². The molecule has 0 saturated heterocycles. The summed E-state index contributed by atoms with van der Waals surface area (Å²) in [6.07, 6.45) is -0.562. The molecule has 0 aliphatic rings. The minimum Gasteiger partial charge on any atom is -0.508 e. The van der Waals surface area contributed by atoms with Gasteiger partial charge in [-0.25, -0.2) is 0 Å². The number of phenolic OH excluding ortho intramolecular Hbond substituents is 1. The Labute approximate surface area is 115 Å². The van der Waals surface area contributed by atoms with Gasteiger partial charge in [0.2, 0.25) is 0 Å². The number of aromatic hydroxyl groups is 1. The van der Waals surface area contributed by atoms with Crippen LogP contribution in [0.15, 0.2) is 12.1 Å². The van der Waals surface area contributed by atoms with E-state index in [0.717, 1.165) is 11.1 Å². The Morgan fingerprint density at radius 2 is 1.84 bits per heavy atom. The van der Waals surface area contributed by atoms with Crippen molar-refractivity contribution in [3.05, 3.63) is 23.3 Å². The van der Waals surface area contributed by atoms with Crippen LogP contribution in [0.4, 0.5) is 0 Å². The summed E-state index contributed by atoms with van der Waals surface area (Å²) in [5.74, 6) is 0.963. The SMILES string of the molecule is Cc1c(O)ccc(OCC(O)CNC(C)(C)C)c1C. The molecule has 4 heteroatoms. The van der Waals surface area contributed by atoms with Gasteiger partial charge in [-0.15, -0.1) is 0 Å². The quantitative estimate of drug-likeness (QED) is 0.765. The lowest BCUT2D eigenvalue weighted by atomic mass is 10.1. The number of aliphatic hydroxyl groups excluding tert-OH is 1. The van der Waals surface area contributed by atoms with Crippen molar-refractivity contribution in [2.75, 3.05) is 13.2 Å². The van der Waals surface area contributed by atoms with Crippen LogP contribution in [-0.4, -0.2) is 35.0 Å². The maximum absolute atomic E-state index is 9.85. The minimum atomic E-state index is -0.562. The molecule has 1 atom stereocenters. The maximum Gasteiger partial charge on any atom is 0.122 e. The van der Waals surface area contributed by atoms with Gasteiger partial charge in [0, 0.05) is 12.1 Å². The van der Waals surface area contributed by atoms with Crippen LogP contribution in [0, 0.1) is 13.8 Å². The van der Waals surface area contributed by atoms with E-state index in [2.05, 4.69) is 5.32 Å². The maximum atomic E-state index is 9.85. The van der Waals surface area contributed by atoms with E-state index >= 15 is 0 Å². The van der Waals surface area contributed by atoms with E-state index in [4.69, 9.17) is 4.74 Å². The first-order valence-electron chi connectivity index (χ1n) is 6.56. The molecule has 0 bridgehead atoms. The third kappa shape index (κ3) is 5.09. The van der Waals surface area contributed by atoms with Crippen LogP contribution in [0.25, 0.3) is 0 Å². The van der Waals surface area contributed by atoms with Gasteiger partial charge in [0.15, 0.2) is 0 Å². The third-order valence-corrected chi connectivity index (χ3v) is 3.01. The average molecular weight is 267 g/mol. The molecule has 1 aromatic rings. The molecule has 0 heterocycles. The highest BCUT2D eigenvalue weighted by atomic mass is 16.5. The van der Waals surface area contributed by atoms with E-state index in [1.165, 1.54) is 0 Å². The number of ether oxygens (including phenoxy) is 1. The summed E-state index contributed by atoms with van der Waals surface area (Å²) in [5, 5.41) is 22.6. The molecular formula is C15H25NO3. The summed E-state index contributed by atoms with van der Waals surface area (Å²) in [6, 6.07) is 3.33. The molecule has 0 fully saturated rings. The third-order valence-electron chi connectivity index (χ3n) is 3.01. The van der Waals surface area contributed by atoms with Crippen molar-refractivity contribution in [2.45, 2.75) is 46.3 Å². The number of benzene rings is 1. The molecule has 108 valence electrons. The summed E-state index contributed by atoms with van der Waals surface area (Å²) >= 11 is 0. The van der Waals surface area contributed by atoms with Gasteiger partial charge in [0.05, 0.1) is 0 Å². The number of phenols is 1. The zero-order valence-electron chi connectivity index (χ0n) is 12.4. The Hall–Kier alpha value is -1.26. The van der Waals surface area contributed by atoms with Crippen molar-refractivity contribution in [2.24, 2.45) is 0 Å². The van der Waals surface area contributed by atoms with E-state index in [0.29, 0.717) is 12.3 Å². The lowest BCUT2D eigenvalue weighted by molar-refractivity contribution is 0.0996. The van der Waals surface area contributed by atoms with Crippen LogP contribution >= 0.6 is 0 Å². The first kappa shape index (κ1) is 15.8. The van der Waals surface area contributed by atoms with E-state index in [9.17, 15) is 10.2 Å². The van der Waals surface area contributed by atoms with E-state index < -0.39 is 6.10 Å². The van der Waals surface area contributed by atoms with Crippen molar-refractivity contribution in [3.8, 4) is 11.5 Å². The normalized spacial score (nSPS) is 13.4. The fraction of sp³-hybridized carbons (Fsp3) is 0.600. The molecule has 0 aliphatic carbocycles. The van der Waals surface area contributed by atoms with Crippen LogP contribution in [0.2, 0.25) is 0 Å². The highest BCUT2D eigenvalue weighted by Gasteiger charge is 2.13. The topological polar surface area (TPSA) is 61.7 Å². The van der Waals surface area contributed by atoms with Gasteiger partial charge in [-0.3, -0.25) is 0 Å². The summed E-state index contributed by atoms with van der Waals surface area (Å²) < 4.78 is 5.60. The van der Waals surface area contributed by atoms with Crippen LogP contribution < -0.4 is 10.1 Å². The lowest BCUT2D eigenvalue weighted by Gasteiger charge is -2.23. The van der Waals surface area contributed by atoms with E-state index in [1.807, 2.05) is 34.6 Å². The molecule has 0 radical (unpaired) electrons. The fourth-order valence-electron chi connectivity index (χ4n) is 1.61. The van der Waals surface area contributed by atoms with Gasteiger partial charge < -0.3 is 20.3 Å². The van der Waals surface area contributed by atoms with E-state index in [-0.39, 0.29) is 17.9 Å². The van der Waals surface area contributed by atoms with Crippen molar-refractivity contribution in [1.82, 2.24) is 5.32 Å². The lowest BCUT2D eigenvalue weighted by Crippen LogP contribution is -2.42.